The Hall–Kier alpha value is -1.99. The van der Waals surface area contributed by atoms with Gasteiger partial charge < -0.3 is 5.32 Å². The Morgan fingerprint density at radius 1 is 1.10 bits per heavy atom. The van der Waals surface area contributed by atoms with Crippen molar-refractivity contribution in [2.75, 3.05) is 18.9 Å². The molecule has 2 aromatic rings. The van der Waals surface area contributed by atoms with Crippen molar-refractivity contribution in [2.24, 2.45) is 0 Å². The Balaban J connectivity index is 2.04. The number of pyridine rings is 2. The topological polar surface area (TPSA) is 84.0 Å². The van der Waals surface area contributed by atoms with Gasteiger partial charge in [-0.2, -0.15) is 0 Å². The van der Waals surface area contributed by atoms with Gasteiger partial charge in [0.25, 0.3) is 10.0 Å². The van der Waals surface area contributed by atoms with Gasteiger partial charge in [0.1, 0.15) is 0 Å². The third-order valence-corrected chi connectivity index (χ3v) is 4.11. The molecule has 0 saturated carbocycles. The molecule has 0 amide bonds. The Morgan fingerprint density at radius 3 is 2.60 bits per heavy atom. The number of anilines is 1. The van der Waals surface area contributed by atoms with Crippen LogP contribution in [-0.4, -0.2) is 32.0 Å². The molecule has 0 aromatic carbocycles. The number of hydrogen-bond donors (Lipinski definition) is 2. The fraction of sp³-hybridized carbons (Fsp3) is 0.231. The Labute approximate surface area is 118 Å². The van der Waals surface area contributed by atoms with Crippen LogP contribution in [0.1, 0.15) is 5.69 Å². The summed E-state index contributed by atoms with van der Waals surface area (Å²) in [5.41, 5.74) is 1.31. The largest absolute Gasteiger partial charge is 0.386 e. The average Bonchev–Trinajstić information content (AvgIpc) is 2.48. The third-order valence-electron chi connectivity index (χ3n) is 2.69. The molecule has 0 saturated heterocycles. The molecule has 0 aliphatic heterocycles. The average molecular weight is 292 g/mol. The molecule has 0 spiro atoms. The highest BCUT2D eigenvalue weighted by Gasteiger charge is 2.18. The van der Waals surface area contributed by atoms with Crippen molar-refractivity contribution in [1.82, 2.24) is 14.7 Å². The minimum Gasteiger partial charge on any atom is -0.386 e. The highest BCUT2D eigenvalue weighted by atomic mass is 32.2. The van der Waals surface area contributed by atoms with Crippen molar-refractivity contribution in [3.05, 3.63) is 48.4 Å². The standard InChI is InChI=1S/C13H16N4O2S/c1-14-12-6-4-9-16-13(12)20(18,19)17-10-7-11-5-2-3-8-15-11/h2-6,8-9,14,17H,7,10H2,1H3. The van der Waals surface area contributed by atoms with E-state index >= 15 is 0 Å². The van der Waals surface area contributed by atoms with E-state index in [0.717, 1.165) is 5.69 Å². The van der Waals surface area contributed by atoms with Crippen LogP contribution in [0.15, 0.2) is 47.8 Å². The monoisotopic (exact) mass is 292 g/mol. The SMILES string of the molecule is CNc1cccnc1S(=O)(=O)NCCc1ccccn1. The second kappa shape index (κ2) is 6.44. The van der Waals surface area contributed by atoms with Gasteiger partial charge in [-0.1, -0.05) is 6.07 Å². The Morgan fingerprint density at radius 2 is 1.90 bits per heavy atom. The molecule has 2 heterocycles. The van der Waals surface area contributed by atoms with E-state index in [2.05, 4.69) is 20.0 Å². The molecule has 106 valence electrons. The number of nitrogens with zero attached hydrogens (tertiary/aromatic N) is 2. The summed E-state index contributed by atoms with van der Waals surface area (Å²) in [7, 11) is -1.97. The molecule has 20 heavy (non-hydrogen) atoms. The maximum atomic E-state index is 12.2. The van der Waals surface area contributed by atoms with Crippen LogP contribution in [0.4, 0.5) is 5.69 Å². The Bertz CT molecular complexity index is 659. The molecule has 0 radical (unpaired) electrons. The minimum atomic E-state index is -3.62. The number of rotatable bonds is 6. The predicted octanol–water partition coefficient (Wildman–Crippen LogP) is 1.04. The molecule has 0 aliphatic rings. The van der Waals surface area contributed by atoms with Crippen LogP contribution in [0.25, 0.3) is 0 Å². The van der Waals surface area contributed by atoms with E-state index < -0.39 is 10.0 Å². The van der Waals surface area contributed by atoms with Crippen LogP contribution in [0.5, 0.6) is 0 Å². The number of hydrogen-bond acceptors (Lipinski definition) is 5. The lowest BCUT2D eigenvalue weighted by molar-refractivity contribution is 0.578. The quantitative estimate of drug-likeness (QED) is 0.831. The number of sulfonamides is 1. The van der Waals surface area contributed by atoms with Crippen molar-refractivity contribution in [3.8, 4) is 0 Å². The van der Waals surface area contributed by atoms with Crippen molar-refractivity contribution < 1.29 is 8.42 Å². The maximum Gasteiger partial charge on any atom is 0.260 e. The van der Waals surface area contributed by atoms with Gasteiger partial charge in [-0.3, -0.25) is 4.98 Å². The van der Waals surface area contributed by atoms with E-state index in [1.807, 2.05) is 18.2 Å². The van der Waals surface area contributed by atoms with Gasteiger partial charge in [0.2, 0.25) is 0 Å². The molecule has 2 rings (SSSR count). The molecule has 2 aromatic heterocycles. The zero-order chi connectivity index (χ0) is 14.4. The second-order valence-electron chi connectivity index (χ2n) is 4.07. The van der Waals surface area contributed by atoms with E-state index in [4.69, 9.17) is 0 Å². The highest BCUT2D eigenvalue weighted by Crippen LogP contribution is 2.16. The summed E-state index contributed by atoms with van der Waals surface area (Å²) in [6.45, 7) is 0.277. The van der Waals surface area contributed by atoms with Gasteiger partial charge in [0.05, 0.1) is 5.69 Å². The van der Waals surface area contributed by atoms with Gasteiger partial charge in [0, 0.05) is 38.1 Å². The number of aromatic nitrogens is 2. The molecule has 0 fully saturated rings. The van der Waals surface area contributed by atoms with E-state index in [9.17, 15) is 8.42 Å². The van der Waals surface area contributed by atoms with Crippen LogP contribution < -0.4 is 10.0 Å². The van der Waals surface area contributed by atoms with Crippen LogP contribution in [0, 0.1) is 0 Å². The molecular weight excluding hydrogens is 276 g/mol. The first-order valence-electron chi connectivity index (χ1n) is 6.16. The third kappa shape index (κ3) is 3.52. The van der Waals surface area contributed by atoms with E-state index in [1.54, 1.807) is 25.4 Å². The fourth-order valence-corrected chi connectivity index (χ4v) is 2.89. The first kappa shape index (κ1) is 14.4. The van der Waals surface area contributed by atoms with Crippen molar-refractivity contribution in [2.45, 2.75) is 11.4 Å². The van der Waals surface area contributed by atoms with Gasteiger partial charge in [0.15, 0.2) is 5.03 Å². The summed E-state index contributed by atoms with van der Waals surface area (Å²) in [5.74, 6) is 0. The van der Waals surface area contributed by atoms with Crippen molar-refractivity contribution in [3.63, 3.8) is 0 Å². The summed E-state index contributed by atoms with van der Waals surface area (Å²) in [6.07, 6.45) is 3.66. The summed E-state index contributed by atoms with van der Waals surface area (Å²) < 4.78 is 26.9. The fourth-order valence-electron chi connectivity index (χ4n) is 1.72. The summed E-state index contributed by atoms with van der Waals surface area (Å²) in [4.78, 5) is 8.06. The molecule has 2 N–H and O–H groups in total. The lowest BCUT2D eigenvalue weighted by Gasteiger charge is -2.09. The predicted molar refractivity (Wildman–Crippen MR) is 76.9 cm³/mol. The summed E-state index contributed by atoms with van der Waals surface area (Å²) >= 11 is 0. The Kier molecular flexibility index (Phi) is 4.65. The smallest absolute Gasteiger partial charge is 0.260 e. The van der Waals surface area contributed by atoms with Gasteiger partial charge >= 0.3 is 0 Å². The van der Waals surface area contributed by atoms with Gasteiger partial charge in [-0.15, -0.1) is 0 Å². The normalized spacial score (nSPS) is 11.2. The summed E-state index contributed by atoms with van der Waals surface area (Å²) in [6, 6.07) is 8.89. The first-order chi connectivity index (χ1) is 9.63. The maximum absolute atomic E-state index is 12.2. The minimum absolute atomic E-state index is 0.00326. The molecule has 0 aliphatic carbocycles. The molecular formula is C13H16N4O2S. The van der Waals surface area contributed by atoms with E-state index in [-0.39, 0.29) is 11.6 Å². The van der Waals surface area contributed by atoms with Crippen LogP contribution >= 0.6 is 0 Å². The zero-order valence-electron chi connectivity index (χ0n) is 11.1. The molecule has 0 atom stereocenters. The van der Waals surface area contributed by atoms with Crippen molar-refractivity contribution >= 4 is 15.7 Å². The van der Waals surface area contributed by atoms with Crippen molar-refractivity contribution in [1.29, 1.82) is 0 Å². The first-order valence-corrected chi connectivity index (χ1v) is 7.64. The lowest BCUT2D eigenvalue weighted by Crippen LogP contribution is -2.27. The van der Waals surface area contributed by atoms with Gasteiger partial charge in [-0.25, -0.2) is 18.1 Å². The molecule has 6 nitrogen and oxygen atoms in total. The summed E-state index contributed by atoms with van der Waals surface area (Å²) in [5, 5.41) is 2.82. The molecule has 0 unspecified atom stereocenters. The highest BCUT2D eigenvalue weighted by molar-refractivity contribution is 7.89. The number of nitrogens with one attached hydrogen (secondary N) is 2. The van der Waals surface area contributed by atoms with Crippen LogP contribution in [0.3, 0.4) is 0 Å². The molecule has 7 heteroatoms. The molecule has 0 bridgehead atoms. The van der Waals surface area contributed by atoms with E-state index in [1.165, 1.54) is 6.20 Å². The zero-order valence-corrected chi connectivity index (χ0v) is 11.9. The van der Waals surface area contributed by atoms with Crippen LogP contribution in [-0.2, 0) is 16.4 Å². The second-order valence-corrected chi connectivity index (χ2v) is 5.76. The van der Waals surface area contributed by atoms with Gasteiger partial charge in [-0.05, 0) is 24.3 Å². The van der Waals surface area contributed by atoms with E-state index in [0.29, 0.717) is 12.1 Å². The van der Waals surface area contributed by atoms with Crippen LogP contribution in [0.2, 0.25) is 0 Å². The lowest BCUT2D eigenvalue weighted by atomic mass is 10.3.